The highest BCUT2D eigenvalue weighted by atomic mass is 35.5. The van der Waals surface area contributed by atoms with Gasteiger partial charge in [0, 0.05) is 25.4 Å². The van der Waals surface area contributed by atoms with Crippen molar-refractivity contribution in [2.24, 2.45) is 7.05 Å². The fraction of sp³-hybridized carbons (Fsp3) is 0.118. The molecule has 0 bridgehead atoms. The lowest BCUT2D eigenvalue weighted by Gasteiger charge is -2.16. The summed E-state index contributed by atoms with van der Waals surface area (Å²) in [5, 5.41) is -1.23. The Morgan fingerprint density at radius 3 is 2.33 bits per heavy atom. The Morgan fingerprint density at radius 1 is 1.07 bits per heavy atom. The first-order valence-electron chi connectivity index (χ1n) is 7.80. The van der Waals surface area contributed by atoms with Gasteiger partial charge in [0.1, 0.15) is 21.5 Å². The molecule has 0 N–H and O–H groups in total. The van der Waals surface area contributed by atoms with Gasteiger partial charge in [0.2, 0.25) is 0 Å². The van der Waals surface area contributed by atoms with Gasteiger partial charge in [-0.05, 0) is 12.1 Å². The maximum Gasteiger partial charge on any atom is 0.431 e. The minimum Gasteiger partial charge on any atom is -0.452 e. The lowest BCUT2D eigenvalue weighted by molar-refractivity contribution is -0.144. The molecule has 0 aliphatic heterocycles. The Balaban J connectivity index is 2.27. The second kappa shape index (κ2) is 7.93. The van der Waals surface area contributed by atoms with E-state index in [1.165, 1.54) is 18.3 Å². The molecule has 3 aromatic rings. The lowest BCUT2D eigenvalue weighted by Crippen LogP contribution is -2.41. The second-order valence-corrected chi connectivity index (χ2v) is 6.89. The van der Waals surface area contributed by atoms with Gasteiger partial charge >= 0.3 is 11.9 Å². The van der Waals surface area contributed by atoms with E-state index in [4.69, 9.17) is 39.5 Å². The van der Waals surface area contributed by atoms with Crippen molar-refractivity contribution in [3.05, 3.63) is 78.0 Å². The molecule has 158 valence electrons. The highest BCUT2D eigenvalue weighted by Crippen LogP contribution is 2.40. The van der Waals surface area contributed by atoms with Crippen LogP contribution in [-0.2, 0) is 13.2 Å². The Bertz CT molecular complexity index is 1270. The maximum atomic E-state index is 14.7. The minimum atomic E-state index is -4.98. The molecule has 6 nitrogen and oxygen atoms in total. The van der Waals surface area contributed by atoms with Crippen molar-refractivity contribution in [1.82, 2.24) is 14.1 Å². The van der Waals surface area contributed by atoms with E-state index in [1.54, 1.807) is 0 Å². The molecule has 1 aromatic carbocycles. The fourth-order valence-corrected chi connectivity index (χ4v) is 3.01. The number of benzene rings is 1. The SMILES string of the molecule is Cn1c(C(F)(F)F)cc(=O)n(-c2cc(Oc3cccnc3Cl)c(Cl)c(Cl)c2F)c1=O. The summed E-state index contributed by atoms with van der Waals surface area (Å²) in [6.45, 7) is 0. The molecule has 0 atom stereocenters. The van der Waals surface area contributed by atoms with Gasteiger partial charge in [-0.2, -0.15) is 13.2 Å². The van der Waals surface area contributed by atoms with E-state index >= 15 is 0 Å². The summed E-state index contributed by atoms with van der Waals surface area (Å²) in [4.78, 5) is 28.5. The number of aromatic nitrogens is 3. The van der Waals surface area contributed by atoms with Crippen molar-refractivity contribution >= 4 is 34.8 Å². The largest absolute Gasteiger partial charge is 0.452 e. The number of alkyl halides is 3. The number of ether oxygens (including phenoxy) is 1. The lowest BCUT2D eigenvalue weighted by atomic mass is 10.2. The summed E-state index contributed by atoms with van der Waals surface area (Å²) in [7, 11) is 0.781. The molecular weight excluding hydrogens is 477 g/mol. The molecule has 3 rings (SSSR count). The number of hydrogen-bond acceptors (Lipinski definition) is 4. The zero-order valence-corrected chi connectivity index (χ0v) is 16.9. The van der Waals surface area contributed by atoms with Gasteiger partial charge in [-0.1, -0.05) is 34.8 Å². The standard InChI is InChI=1S/C17H8Cl3F4N3O3/c1-26-10(17(22,23)24)6-11(28)27(16(26)29)7-5-9(12(18)13(19)14(7)21)30-8-3-2-4-25-15(8)20/h2-6H,1H3. The van der Waals surface area contributed by atoms with Crippen LogP contribution in [0.2, 0.25) is 15.2 Å². The van der Waals surface area contributed by atoms with Crippen LogP contribution in [0.15, 0.2) is 40.1 Å². The van der Waals surface area contributed by atoms with Gasteiger partial charge in [0.05, 0.1) is 5.69 Å². The van der Waals surface area contributed by atoms with E-state index in [0.29, 0.717) is 0 Å². The zero-order valence-electron chi connectivity index (χ0n) is 14.6. The summed E-state index contributed by atoms with van der Waals surface area (Å²) in [6.07, 6.45) is -3.61. The number of hydrogen-bond donors (Lipinski definition) is 0. The minimum absolute atomic E-state index is 0.0117. The number of nitrogens with zero attached hydrogens (tertiary/aromatic N) is 3. The van der Waals surface area contributed by atoms with E-state index in [-0.39, 0.29) is 31.9 Å². The van der Waals surface area contributed by atoms with Crippen LogP contribution in [-0.4, -0.2) is 14.1 Å². The van der Waals surface area contributed by atoms with Crippen molar-refractivity contribution in [3.63, 3.8) is 0 Å². The van der Waals surface area contributed by atoms with E-state index < -0.39 is 44.7 Å². The highest BCUT2D eigenvalue weighted by molar-refractivity contribution is 6.43. The molecule has 0 aliphatic carbocycles. The molecule has 0 saturated heterocycles. The molecule has 0 aliphatic rings. The molecule has 0 radical (unpaired) electrons. The third-order valence-corrected chi connectivity index (χ3v) is 5.00. The van der Waals surface area contributed by atoms with Crippen LogP contribution in [0.1, 0.15) is 5.69 Å². The monoisotopic (exact) mass is 483 g/mol. The Hall–Kier alpha value is -2.56. The predicted molar refractivity (Wildman–Crippen MR) is 102 cm³/mol. The van der Waals surface area contributed by atoms with Crippen LogP contribution < -0.4 is 16.0 Å². The Kier molecular flexibility index (Phi) is 5.85. The maximum absolute atomic E-state index is 14.7. The fourth-order valence-electron chi connectivity index (χ4n) is 2.49. The van der Waals surface area contributed by atoms with E-state index in [9.17, 15) is 27.2 Å². The molecule has 0 unspecified atom stereocenters. The molecule has 30 heavy (non-hydrogen) atoms. The van der Waals surface area contributed by atoms with Gasteiger partial charge in [0.25, 0.3) is 5.56 Å². The van der Waals surface area contributed by atoms with Crippen LogP contribution >= 0.6 is 34.8 Å². The number of halogens is 7. The first-order chi connectivity index (χ1) is 13.9. The number of pyridine rings is 1. The van der Waals surface area contributed by atoms with Crippen LogP contribution in [0.5, 0.6) is 11.5 Å². The van der Waals surface area contributed by atoms with Gasteiger partial charge in [-0.3, -0.25) is 9.36 Å². The van der Waals surface area contributed by atoms with Crippen LogP contribution in [0, 0.1) is 5.82 Å². The average molecular weight is 485 g/mol. The molecule has 0 spiro atoms. The quantitative estimate of drug-likeness (QED) is 0.303. The molecular formula is C17H8Cl3F4N3O3. The van der Waals surface area contributed by atoms with E-state index in [0.717, 1.165) is 13.1 Å². The van der Waals surface area contributed by atoms with E-state index in [2.05, 4.69) is 4.98 Å². The molecule has 13 heteroatoms. The molecule has 2 aromatic heterocycles. The normalized spacial score (nSPS) is 11.6. The summed E-state index contributed by atoms with van der Waals surface area (Å²) < 4.78 is 59.6. The first-order valence-corrected chi connectivity index (χ1v) is 8.93. The van der Waals surface area contributed by atoms with Gasteiger partial charge < -0.3 is 4.74 Å². The zero-order chi connectivity index (χ0) is 22.4. The van der Waals surface area contributed by atoms with Gasteiger partial charge in [0.15, 0.2) is 16.7 Å². The molecule has 0 saturated carbocycles. The third-order valence-electron chi connectivity index (χ3n) is 3.89. The predicted octanol–water partition coefficient (Wildman–Crippen LogP) is 4.84. The molecule has 0 fully saturated rings. The van der Waals surface area contributed by atoms with Gasteiger partial charge in [-0.15, -0.1) is 0 Å². The summed E-state index contributed by atoms with van der Waals surface area (Å²) in [5.41, 5.74) is -5.17. The number of rotatable bonds is 3. The second-order valence-electron chi connectivity index (χ2n) is 5.77. The Morgan fingerprint density at radius 2 is 1.73 bits per heavy atom. The molecule has 0 amide bonds. The van der Waals surface area contributed by atoms with Crippen molar-refractivity contribution < 1.29 is 22.3 Å². The van der Waals surface area contributed by atoms with Crippen LogP contribution in [0.3, 0.4) is 0 Å². The molecule has 2 heterocycles. The topological polar surface area (TPSA) is 66.1 Å². The van der Waals surface area contributed by atoms with Crippen LogP contribution in [0.25, 0.3) is 5.69 Å². The summed E-state index contributed by atoms with van der Waals surface area (Å²) in [6, 6.07) is 3.86. The highest BCUT2D eigenvalue weighted by Gasteiger charge is 2.35. The smallest absolute Gasteiger partial charge is 0.431 e. The third kappa shape index (κ3) is 3.90. The summed E-state index contributed by atoms with van der Waals surface area (Å²) in [5.74, 6) is -1.64. The van der Waals surface area contributed by atoms with Gasteiger partial charge in [-0.25, -0.2) is 18.7 Å². The average Bonchev–Trinajstić information content (AvgIpc) is 2.67. The van der Waals surface area contributed by atoms with E-state index in [1.807, 2.05) is 0 Å². The van der Waals surface area contributed by atoms with Crippen molar-refractivity contribution in [3.8, 4) is 17.2 Å². The van der Waals surface area contributed by atoms with Crippen molar-refractivity contribution in [2.45, 2.75) is 6.18 Å². The summed E-state index contributed by atoms with van der Waals surface area (Å²) >= 11 is 17.7. The first kappa shape index (κ1) is 22.1. The van der Waals surface area contributed by atoms with Crippen LogP contribution in [0.4, 0.5) is 17.6 Å². The Labute approximate surface area is 179 Å². The van der Waals surface area contributed by atoms with Crippen molar-refractivity contribution in [2.75, 3.05) is 0 Å². The van der Waals surface area contributed by atoms with Crippen molar-refractivity contribution in [1.29, 1.82) is 0 Å².